The van der Waals surface area contributed by atoms with E-state index in [0.717, 1.165) is 6.54 Å². The Labute approximate surface area is 91.0 Å². The minimum atomic E-state index is 1.12. The van der Waals surface area contributed by atoms with Gasteiger partial charge in [-0.15, -0.1) is 11.3 Å². The molecule has 1 fully saturated rings. The highest BCUT2D eigenvalue weighted by Gasteiger charge is 2.12. The Hall–Kier alpha value is -0.410. The Morgan fingerprint density at radius 1 is 1.36 bits per heavy atom. The van der Waals surface area contributed by atoms with Gasteiger partial charge in [-0.3, -0.25) is 4.90 Å². The molecule has 0 saturated carbocycles. The summed E-state index contributed by atoms with van der Waals surface area (Å²) in [7, 11) is 0. The van der Waals surface area contributed by atoms with Crippen LogP contribution in [-0.2, 0) is 6.54 Å². The number of nitrogens with zero attached hydrogens (tertiary/aromatic N) is 2. The molecule has 80 valence electrons. The van der Waals surface area contributed by atoms with Crippen LogP contribution in [0.3, 0.4) is 0 Å². The van der Waals surface area contributed by atoms with Crippen LogP contribution in [0.15, 0.2) is 6.20 Å². The van der Waals surface area contributed by atoms with Crippen LogP contribution in [0.4, 0.5) is 0 Å². The van der Waals surface area contributed by atoms with Crippen LogP contribution >= 0.6 is 11.3 Å². The predicted octanol–water partition coefficient (Wildman–Crippen LogP) is 3.07. The van der Waals surface area contributed by atoms with Crippen molar-refractivity contribution in [3.05, 3.63) is 16.1 Å². The fourth-order valence-corrected chi connectivity index (χ4v) is 2.48. The molecular formula is C11H20N2S. The third-order valence-electron chi connectivity index (χ3n) is 2.25. The summed E-state index contributed by atoms with van der Waals surface area (Å²) in [6.07, 6.45) is 4.76. The van der Waals surface area contributed by atoms with E-state index in [-0.39, 0.29) is 0 Å². The Balaban J connectivity index is 0.000000461. The molecule has 0 N–H and O–H groups in total. The first-order valence-electron chi connectivity index (χ1n) is 5.48. The average Bonchev–Trinajstić information content (AvgIpc) is 2.82. The quantitative estimate of drug-likeness (QED) is 0.749. The van der Waals surface area contributed by atoms with Crippen molar-refractivity contribution >= 4 is 11.3 Å². The molecule has 0 unspecified atom stereocenters. The summed E-state index contributed by atoms with van der Waals surface area (Å²) >= 11 is 1.82. The van der Waals surface area contributed by atoms with Gasteiger partial charge >= 0.3 is 0 Å². The number of aromatic nitrogens is 1. The van der Waals surface area contributed by atoms with Gasteiger partial charge in [0.25, 0.3) is 0 Å². The van der Waals surface area contributed by atoms with Crippen molar-refractivity contribution in [2.75, 3.05) is 13.1 Å². The molecule has 0 atom stereocenters. The summed E-state index contributed by atoms with van der Waals surface area (Å²) in [5.74, 6) is 0. The summed E-state index contributed by atoms with van der Waals surface area (Å²) in [6, 6.07) is 0. The third kappa shape index (κ3) is 3.39. The number of hydrogen-bond acceptors (Lipinski definition) is 3. The summed E-state index contributed by atoms with van der Waals surface area (Å²) in [4.78, 5) is 8.17. The largest absolute Gasteiger partial charge is 0.298 e. The number of rotatable bonds is 2. The minimum Gasteiger partial charge on any atom is -0.298 e. The molecule has 1 aromatic rings. The minimum absolute atomic E-state index is 1.12. The van der Waals surface area contributed by atoms with Gasteiger partial charge in [0.1, 0.15) is 0 Å². The van der Waals surface area contributed by atoms with Crippen molar-refractivity contribution in [1.29, 1.82) is 0 Å². The second-order valence-electron chi connectivity index (χ2n) is 3.33. The molecule has 2 heterocycles. The number of likely N-dealkylation sites (tertiary alicyclic amines) is 1. The van der Waals surface area contributed by atoms with E-state index >= 15 is 0 Å². The zero-order valence-corrected chi connectivity index (χ0v) is 10.2. The van der Waals surface area contributed by atoms with E-state index < -0.39 is 0 Å². The maximum Gasteiger partial charge on any atom is 0.0897 e. The predicted molar refractivity (Wildman–Crippen MR) is 62.7 cm³/mol. The molecule has 2 rings (SSSR count). The fraction of sp³-hybridized carbons (Fsp3) is 0.727. The lowest BCUT2D eigenvalue weighted by Gasteiger charge is -2.11. The van der Waals surface area contributed by atoms with Gasteiger partial charge in [0.2, 0.25) is 0 Å². The number of hydrogen-bond donors (Lipinski definition) is 0. The van der Waals surface area contributed by atoms with Crippen molar-refractivity contribution in [1.82, 2.24) is 9.88 Å². The highest BCUT2D eigenvalue weighted by molar-refractivity contribution is 7.11. The maximum absolute atomic E-state index is 4.25. The molecule has 0 bridgehead atoms. The van der Waals surface area contributed by atoms with Crippen LogP contribution < -0.4 is 0 Å². The van der Waals surface area contributed by atoms with E-state index in [0.29, 0.717) is 0 Å². The molecule has 0 radical (unpaired) electrons. The van der Waals surface area contributed by atoms with Crippen LogP contribution in [0, 0.1) is 6.92 Å². The van der Waals surface area contributed by atoms with E-state index in [1.165, 1.54) is 35.8 Å². The van der Waals surface area contributed by atoms with Gasteiger partial charge in [-0.1, -0.05) is 13.8 Å². The van der Waals surface area contributed by atoms with E-state index in [4.69, 9.17) is 0 Å². The van der Waals surface area contributed by atoms with E-state index in [1.807, 2.05) is 31.4 Å². The van der Waals surface area contributed by atoms with Gasteiger partial charge in [-0.25, -0.2) is 4.98 Å². The standard InChI is InChI=1S/C9H14N2S.C2H6/c1-8-10-6-9(12-8)7-11-4-2-3-5-11;1-2/h6H,2-5,7H2,1H3;1-2H3. The summed E-state index contributed by atoms with van der Waals surface area (Å²) < 4.78 is 0. The Kier molecular flexibility index (Phi) is 5.12. The monoisotopic (exact) mass is 212 g/mol. The number of thiazole rings is 1. The first kappa shape index (κ1) is 11.7. The lowest BCUT2D eigenvalue weighted by molar-refractivity contribution is 0.334. The van der Waals surface area contributed by atoms with Crippen LogP contribution in [-0.4, -0.2) is 23.0 Å². The number of aryl methyl sites for hydroxylation is 1. The van der Waals surface area contributed by atoms with Crippen molar-refractivity contribution in [2.45, 2.75) is 40.2 Å². The first-order chi connectivity index (χ1) is 6.84. The highest BCUT2D eigenvalue weighted by Crippen LogP contribution is 2.17. The van der Waals surface area contributed by atoms with Gasteiger partial charge in [-0.05, 0) is 32.9 Å². The molecule has 14 heavy (non-hydrogen) atoms. The van der Waals surface area contributed by atoms with Crippen LogP contribution in [0.2, 0.25) is 0 Å². The zero-order chi connectivity index (χ0) is 10.4. The zero-order valence-electron chi connectivity index (χ0n) is 9.42. The summed E-state index contributed by atoms with van der Waals surface area (Å²) in [6.45, 7) is 9.73. The topological polar surface area (TPSA) is 16.1 Å². The second kappa shape index (κ2) is 6.14. The van der Waals surface area contributed by atoms with Crippen LogP contribution in [0.1, 0.15) is 36.6 Å². The normalized spacial score (nSPS) is 16.5. The van der Waals surface area contributed by atoms with Gasteiger partial charge in [0.15, 0.2) is 0 Å². The Morgan fingerprint density at radius 2 is 2.00 bits per heavy atom. The molecular weight excluding hydrogens is 192 g/mol. The van der Waals surface area contributed by atoms with E-state index in [2.05, 4.69) is 16.8 Å². The Bertz CT molecular complexity index is 252. The van der Waals surface area contributed by atoms with Gasteiger partial charge < -0.3 is 0 Å². The van der Waals surface area contributed by atoms with E-state index in [9.17, 15) is 0 Å². The average molecular weight is 212 g/mol. The van der Waals surface area contributed by atoms with Crippen molar-refractivity contribution in [3.63, 3.8) is 0 Å². The molecule has 0 spiro atoms. The first-order valence-corrected chi connectivity index (χ1v) is 6.30. The molecule has 1 aliphatic rings. The SMILES string of the molecule is CC.Cc1ncc(CN2CCCC2)s1. The molecule has 3 heteroatoms. The molecule has 1 aliphatic heterocycles. The van der Waals surface area contributed by atoms with Crippen molar-refractivity contribution < 1.29 is 0 Å². The van der Waals surface area contributed by atoms with Crippen molar-refractivity contribution in [3.8, 4) is 0 Å². The molecule has 0 amide bonds. The molecule has 0 aromatic carbocycles. The van der Waals surface area contributed by atoms with Crippen LogP contribution in [0.25, 0.3) is 0 Å². The third-order valence-corrected chi connectivity index (χ3v) is 3.14. The molecule has 2 nitrogen and oxygen atoms in total. The molecule has 0 aliphatic carbocycles. The maximum atomic E-state index is 4.25. The lowest BCUT2D eigenvalue weighted by Crippen LogP contribution is -2.17. The molecule has 1 aromatic heterocycles. The highest BCUT2D eigenvalue weighted by atomic mass is 32.1. The fourth-order valence-electron chi connectivity index (χ4n) is 1.64. The summed E-state index contributed by atoms with van der Waals surface area (Å²) in [5, 5.41) is 1.18. The van der Waals surface area contributed by atoms with Gasteiger partial charge in [0, 0.05) is 17.6 Å². The smallest absolute Gasteiger partial charge is 0.0897 e. The second-order valence-corrected chi connectivity index (χ2v) is 4.65. The Morgan fingerprint density at radius 3 is 2.50 bits per heavy atom. The van der Waals surface area contributed by atoms with E-state index in [1.54, 1.807) is 0 Å². The van der Waals surface area contributed by atoms with Crippen molar-refractivity contribution in [2.24, 2.45) is 0 Å². The molecule has 1 saturated heterocycles. The van der Waals surface area contributed by atoms with Gasteiger partial charge in [-0.2, -0.15) is 0 Å². The van der Waals surface area contributed by atoms with Gasteiger partial charge in [0.05, 0.1) is 5.01 Å². The summed E-state index contributed by atoms with van der Waals surface area (Å²) in [5.41, 5.74) is 0. The van der Waals surface area contributed by atoms with Crippen LogP contribution in [0.5, 0.6) is 0 Å². The lowest BCUT2D eigenvalue weighted by atomic mass is 10.4.